The highest BCUT2D eigenvalue weighted by molar-refractivity contribution is 5.77. The lowest BCUT2D eigenvalue weighted by Crippen LogP contribution is -2.48. The second kappa shape index (κ2) is 3.66. The Kier molecular flexibility index (Phi) is 2.54. The van der Waals surface area contributed by atoms with Crippen LogP contribution in [0.15, 0.2) is 0 Å². The van der Waals surface area contributed by atoms with E-state index < -0.39 is 0 Å². The van der Waals surface area contributed by atoms with Gasteiger partial charge in [-0.25, -0.2) is 0 Å². The first-order valence-corrected chi connectivity index (χ1v) is 5.32. The molecule has 3 nitrogen and oxygen atoms in total. The maximum absolute atomic E-state index is 11.6. The van der Waals surface area contributed by atoms with Crippen molar-refractivity contribution < 1.29 is 4.79 Å². The van der Waals surface area contributed by atoms with E-state index in [1.54, 1.807) is 0 Å². The molecular weight excluding hydrogens is 164 g/mol. The van der Waals surface area contributed by atoms with E-state index in [4.69, 9.17) is 5.73 Å². The quantitative estimate of drug-likeness (QED) is 0.699. The van der Waals surface area contributed by atoms with Crippen molar-refractivity contribution >= 4 is 5.91 Å². The van der Waals surface area contributed by atoms with E-state index in [1.807, 2.05) is 4.90 Å². The van der Waals surface area contributed by atoms with Gasteiger partial charge in [0, 0.05) is 25.6 Å². The van der Waals surface area contributed by atoms with E-state index in [0.717, 1.165) is 25.8 Å². The van der Waals surface area contributed by atoms with Crippen LogP contribution in [0.1, 0.15) is 32.1 Å². The van der Waals surface area contributed by atoms with Gasteiger partial charge in [0.25, 0.3) is 0 Å². The summed E-state index contributed by atoms with van der Waals surface area (Å²) in [5.41, 5.74) is 5.71. The molecular formula is C10H18N2O. The van der Waals surface area contributed by atoms with Crippen LogP contribution < -0.4 is 5.73 Å². The number of amides is 1. The molecule has 1 heterocycles. The molecule has 2 fully saturated rings. The zero-order valence-corrected chi connectivity index (χ0v) is 8.04. The van der Waals surface area contributed by atoms with Gasteiger partial charge in [0.1, 0.15) is 0 Å². The Morgan fingerprint density at radius 1 is 1.46 bits per heavy atom. The van der Waals surface area contributed by atoms with Crippen LogP contribution in [0.3, 0.4) is 0 Å². The molecule has 0 aromatic rings. The van der Waals surface area contributed by atoms with Gasteiger partial charge in [0.2, 0.25) is 5.91 Å². The zero-order chi connectivity index (χ0) is 9.26. The molecule has 13 heavy (non-hydrogen) atoms. The van der Waals surface area contributed by atoms with E-state index in [9.17, 15) is 4.79 Å². The summed E-state index contributed by atoms with van der Waals surface area (Å²) in [7, 11) is 0. The van der Waals surface area contributed by atoms with Crippen LogP contribution in [0, 0.1) is 5.92 Å². The summed E-state index contributed by atoms with van der Waals surface area (Å²) in [5.74, 6) is 1.04. The van der Waals surface area contributed by atoms with Crippen molar-refractivity contribution in [3.63, 3.8) is 0 Å². The van der Waals surface area contributed by atoms with Gasteiger partial charge < -0.3 is 10.6 Å². The Morgan fingerprint density at radius 2 is 2.23 bits per heavy atom. The van der Waals surface area contributed by atoms with E-state index in [0.29, 0.717) is 24.4 Å². The maximum atomic E-state index is 11.6. The minimum Gasteiger partial charge on any atom is -0.338 e. The van der Waals surface area contributed by atoms with Crippen molar-refractivity contribution in [1.29, 1.82) is 0 Å². The Labute approximate surface area is 79.3 Å². The first-order valence-electron chi connectivity index (χ1n) is 5.32. The number of carbonyl (C=O) groups excluding carboxylic acids is 1. The van der Waals surface area contributed by atoms with Crippen LogP contribution >= 0.6 is 0 Å². The Bertz CT molecular complexity index is 201. The topological polar surface area (TPSA) is 46.3 Å². The van der Waals surface area contributed by atoms with E-state index in [1.165, 1.54) is 12.8 Å². The molecule has 1 saturated heterocycles. The van der Waals surface area contributed by atoms with Gasteiger partial charge in [0.05, 0.1) is 0 Å². The van der Waals surface area contributed by atoms with Crippen molar-refractivity contribution in [1.82, 2.24) is 4.90 Å². The fraction of sp³-hybridized carbons (Fsp3) is 0.900. The van der Waals surface area contributed by atoms with Crippen LogP contribution in [0.25, 0.3) is 0 Å². The van der Waals surface area contributed by atoms with Crippen molar-refractivity contribution in [2.75, 3.05) is 13.1 Å². The number of rotatable bonds is 3. The Hall–Kier alpha value is -0.570. The number of carbonyl (C=O) groups is 1. The highest BCUT2D eigenvalue weighted by Crippen LogP contribution is 2.36. The van der Waals surface area contributed by atoms with Crippen LogP contribution in [-0.2, 0) is 4.79 Å². The molecule has 0 radical (unpaired) electrons. The lowest BCUT2D eigenvalue weighted by molar-refractivity contribution is -0.136. The van der Waals surface area contributed by atoms with E-state index >= 15 is 0 Å². The molecule has 1 aliphatic heterocycles. The van der Waals surface area contributed by atoms with Gasteiger partial charge in [-0.3, -0.25) is 4.79 Å². The van der Waals surface area contributed by atoms with Crippen molar-refractivity contribution in [2.24, 2.45) is 11.7 Å². The minimum absolute atomic E-state index is 0.327. The van der Waals surface area contributed by atoms with Crippen LogP contribution in [-0.4, -0.2) is 29.9 Å². The number of nitrogens with two attached hydrogens (primary N) is 1. The fourth-order valence-electron chi connectivity index (χ4n) is 2.23. The Morgan fingerprint density at radius 3 is 2.77 bits per heavy atom. The molecule has 1 saturated carbocycles. The summed E-state index contributed by atoms with van der Waals surface area (Å²) in [6.45, 7) is 1.59. The number of hydrogen-bond acceptors (Lipinski definition) is 2. The highest BCUT2D eigenvalue weighted by atomic mass is 16.2. The summed E-state index contributed by atoms with van der Waals surface area (Å²) in [5, 5.41) is 0. The third-order valence-corrected chi connectivity index (χ3v) is 3.17. The summed E-state index contributed by atoms with van der Waals surface area (Å²) in [4.78, 5) is 13.6. The standard InChI is InChI=1S/C10H18N2O/c11-7-9(8-4-5-8)12-6-2-1-3-10(12)13/h8-9H,1-7,11H2. The van der Waals surface area contributed by atoms with Gasteiger partial charge >= 0.3 is 0 Å². The van der Waals surface area contributed by atoms with Gasteiger partial charge in [-0.05, 0) is 31.6 Å². The molecule has 2 aliphatic rings. The van der Waals surface area contributed by atoms with Crippen molar-refractivity contribution in [3.05, 3.63) is 0 Å². The number of likely N-dealkylation sites (tertiary alicyclic amines) is 1. The summed E-state index contributed by atoms with van der Waals surface area (Å²) in [6, 6.07) is 0.354. The molecule has 1 aliphatic carbocycles. The third-order valence-electron chi connectivity index (χ3n) is 3.17. The second-order valence-corrected chi connectivity index (χ2v) is 4.18. The molecule has 3 heteroatoms. The smallest absolute Gasteiger partial charge is 0.222 e. The monoisotopic (exact) mass is 182 g/mol. The van der Waals surface area contributed by atoms with Gasteiger partial charge in [-0.2, -0.15) is 0 Å². The predicted molar refractivity (Wildman–Crippen MR) is 51.1 cm³/mol. The van der Waals surface area contributed by atoms with E-state index in [2.05, 4.69) is 0 Å². The molecule has 0 bridgehead atoms. The Balaban J connectivity index is 1.98. The van der Waals surface area contributed by atoms with Gasteiger partial charge in [-0.15, -0.1) is 0 Å². The molecule has 74 valence electrons. The molecule has 0 spiro atoms. The van der Waals surface area contributed by atoms with Crippen LogP contribution in [0.2, 0.25) is 0 Å². The SMILES string of the molecule is NCC(C1CC1)N1CCCCC1=O. The predicted octanol–water partition coefficient (Wildman–Crippen LogP) is 0.736. The van der Waals surface area contributed by atoms with Gasteiger partial charge in [0.15, 0.2) is 0 Å². The fourth-order valence-corrected chi connectivity index (χ4v) is 2.23. The molecule has 0 aromatic heterocycles. The summed E-state index contributed by atoms with van der Waals surface area (Å²) in [6.07, 6.45) is 5.51. The number of hydrogen-bond donors (Lipinski definition) is 1. The first kappa shape index (κ1) is 9.00. The average Bonchev–Trinajstić information content (AvgIpc) is 2.93. The molecule has 1 unspecified atom stereocenters. The molecule has 0 aromatic carbocycles. The average molecular weight is 182 g/mol. The minimum atomic E-state index is 0.327. The normalized spacial score (nSPS) is 26.2. The van der Waals surface area contributed by atoms with Crippen LogP contribution in [0.5, 0.6) is 0 Å². The molecule has 2 rings (SSSR count). The van der Waals surface area contributed by atoms with Crippen molar-refractivity contribution in [3.8, 4) is 0 Å². The number of piperidine rings is 1. The molecule has 1 amide bonds. The van der Waals surface area contributed by atoms with Crippen molar-refractivity contribution in [2.45, 2.75) is 38.1 Å². The highest BCUT2D eigenvalue weighted by Gasteiger charge is 2.36. The third kappa shape index (κ3) is 1.85. The lowest BCUT2D eigenvalue weighted by atomic mass is 10.0. The summed E-state index contributed by atoms with van der Waals surface area (Å²) < 4.78 is 0. The lowest BCUT2D eigenvalue weighted by Gasteiger charge is -2.34. The summed E-state index contributed by atoms with van der Waals surface area (Å²) >= 11 is 0. The van der Waals surface area contributed by atoms with E-state index in [-0.39, 0.29) is 0 Å². The molecule has 2 N–H and O–H groups in total. The molecule has 1 atom stereocenters. The van der Waals surface area contributed by atoms with Crippen LogP contribution in [0.4, 0.5) is 0 Å². The van der Waals surface area contributed by atoms with Gasteiger partial charge in [-0.1, -0.05) is 0 Å². The second-order valence-electron chi connectivity index (χ2n) is 4.18. The largest absolute Gasteiger partial charge is 0.338 e. The first-order chi connectivity index (χ1) is 6.33. The number of nitrogens with zero attached hydrogens (tertiary/aromatic N) is 1. The maximum Gasteiger partial charge on any atom is 0.222 e. The zero-order valence-electron chi connectivity index (χ0n) is 8.04.